The van der Waals surface area contributed by atoms with E-state index in [0.29, 0.717) is 0 Å². The van der Waals surface area contributed by atoms with Crippen LogP contribution in [0.1, 0.15) is 59.1 Å². The minimum absolute atomic E-state index is 0.718. The van der Waals surface area contributed by atoms with Gasteiger partial charge in [0, 0.05) is 6.61 Å². The Bertz CT molecular complexity index is 367. The molecule has 0 bridgehead atoms. The van der Waals surface area contributed by atoms with Crippen molar-refractivity contribution in [2.24, 2.45) is 0 Å². The zero-order valence-electron chi connectivity index (χ0n) is 16.0. The molecule has 0 radical (unpaired) electrons. The Labute approximate surface area is 144 Å². The summed E-state index contributed by atoms with van der Waals surface area (Å²) < 4.78 is 5.64. The summed E-state index contributed by atoms with van der Waals surface area (Å²) in [6.07, 6.45) is 2.17. The predicted molar refractivity (Wildman–Crippen MR) is 105 cm³/mol. The van der Waals surface area contributed by atoms with Gasteiger partial charge in [0.05, 0.1) is 6.61 Å². The molecule has 0 N–H and O–H groups in total. The van der Waals surface area contributed by atoms with Crippen LogP contribution in [0.2, 0.25) is 0 Å². The fourth-order valence-electron chi connectivity index (χ4n) is 1.79. The van der Waals surface area contributed by atoms with Gasteiger partial charge in [0.2, 0.25) is 0 Å². The van der Waals surface area contributed by atoms with Crippen LogP contribution in [0.4, 0.5) is 0 Å². The van der Waals surface area contributed by atoms with Crippen LogP contribution in [0.3, 0.4) is 0 Å². The SMILES string of the molecule is CC.CC.CC.c1ccc(CCCOCc2ccccc2)cc1. The first-order chi connectivity index (χ1) is 11.4. The van der Waals surface area contributed by atoms with Gasteiger partial charge in [0.1, 0.15) is 0 Å². The van der Waals surface area contributed by atoms with Crippen LogP contribution in [-0.2, 0) is 17.8 Å². The highest BCUT2D eigenvalue weighted by Crippen LogP contribution is 2.04. The van der Waals surface area contributed by atoms with Gasteiger partial charge in [-0.25, -0.2) is 0 Å². The average Bonchev–Trinajstić information content (AvgIpc) is 2.68. The van der Waals surface area contributed by atoms with Gasteiger partial charge in [-0.05, 0) is 24.0 Å². The lowest BCUT2D eigenvalue weighted by molar-refractivity contribution is 0.118. The first-order valence-electron chi connectivity index (χ1n) is 9.11. The maximum atomic E-state index is 5.64. The normalized spacial score (nSPS) is 8.43. The summed E-state index contributed by atoms with van der Waals surface area (Å²) in [5.74, 6) is 0. The van der Waals surface area contributed by atoms with Crippen molar-refractivity contribution in [3.05, 3.63) is 71.8 Å². The van der Waals surface area contributed by atoms with Gasteiger partial charge in [0.25, 0.3) is 0 Å². The van der Waals surface area contributed by atoms with Crippen molar-refractivity contribution in [3.8, 4) is 0 Å². The molecule has 23 heavy (non-hydrogen) atoms. The topological polar surface area (TPSA) is 9.23 Å². The van der Waals surface area contributed by atoms with E-state index >= 15 is 0 Å². The van der Waals surface area contributed by atoms with Crippen molar-refractivity contribution in [2.75, 3.05) is 6.61 Å². The Kier molecular flexibility index (Phi) is 21.0. The van der Waals surface area contributed by atoms with E-state index in [9.17, 15) is 0 Å². The van der Waals surface area contributed by atoms with Crippen molar-refractivity contribution < 1.29 is 4.74 Å². The van der Waals surface area contributed by atoms with Crippen molar-refractivity contribution >= 4 is 0 Å². The minimum atomic E-state index is 0.718. The summed E-state index contributed by atoms with van der Waals surface area (Å²) in [5, 5.41) is 0. The lowest BCUT2D eigenvalue weighted by atomic mass is 10.1. The number of rotatable bonds is 6. The molecule has 2 aromatic carbocycles. The van der Waals surface area contributed by atoms with E-state index in [1.54, 1.807) is 0 Å². The monoisotopic (exact) mass is 316 g/mol. The van der Waals surface area contributed by atoms with E-state index in [1.165, 1.54) is 11.1 Å². The first-order valence-corrected chi connectivity index (χ1v) is 9.11. The highest BCUT2D eigenvalue weighted by atomic mass is 16.5. The zero-order valence-corrected chi connectivity index (χ0v) is 16.0. The molecular weight excluding hydrogens is 280 g/mol. The molecule has 0 atom stereocenters. The van der Waals surface area contributed by atoms with Crippen LogP contribution in [0.15, 0.2) is 60.7 Å². The Morgan fingerprint density at radius 2 is 1.04 bits per heavy atom. The molecule has 0 spiro atoms. The first kappa shape index (κ1) is 23.7. The third kappa shape index (κ3) is 13.8. The van der Waals surface area contributed by atoms with Gasteiger partial charge in [-0.3, -0.25) is 0 Å². The Hall–Kier alpha value is -1.60. The second-order valence-corrected chi connectivity index (χ2v) is 4.13. The number of hydrogen-bond acceptors (Lipinski definition) is 1. The van der Waals surface area contributed by atoms with E-state index in [-0.39, 0.29) is 0 Å². The van der Waals surface area contributed by atoms with Gasteiger partial charge in [-0.1, -0.05) is 102 Å². The molecule has 0 aliphatic carbocycles. The molecule has 2 rings (SSSR count). The Balaban J connectivity index is 0. The molecule has 1 heteroatoms. The van der Waals surface area contributed by atoms with Crippen LogP contribution in [0, 0.1) is 0 Å². The van der Waals surface area contributed by atoms with E-state index in [0.717, 1.165) is 26.1 Å². The second kappa shape index (κ2) is 20.4. The molecule has 0 unspecified atom stereocenters. The quantitative estimate of drug-likeness (QED) is 0.526. The van der Waals surface area contributed by atoms with E-state index in [1.807, 2.05) is 59.7 Å². The maximum Gasteiger partial charge on any atom is 0.0716 e. The summed E-state index contributed by atoms with van der Waals surface area (Å²) in [6.45, 7) is 13.5. The maximum absolute atomic E-state index is 5.64. The minimum Gasteiger partial charge on any atom is -0.377 e. The van der Waals surface area contributed by atoms with Crippen LogP contribution in [0.25, 0.3) is 0 Å². The van der Waals surface area contributed by atoms with Crippen molar-refractivity contribution in [1.29, 1.82) is 0 Å². The summed E-state index contributed by atoms with van der Waals surface area (Å²) in [5.41, 5.74) is 2.63. The van der Waals surface area contributed by atoms with Crippen molar-refractivity contribution in [3.63, 3.8) is 0 Å². The van der Waals surface area contributed by atoms with Crippen LogP contribution in [0.5, 0.6) is 0 Å². The summed E-state index contributed by atoms with van der Waals surface area (Å²) in [7, 11) is 0. The van der Waals surface area contributed by atoms with Crippen molar-refractivity contribution in [2.45, 2.75) is 61.0 Å². The fourth-order valence-corrected chi connectivity index (χ4v) is 1.79. The fraction of sp³-hybridized carbons (Fsp3) is 0.455. The molecule has 0 heterocycles. The van der Waals surface area contributed by atoms with Gasteiger partial charge in [0.15, 0.2) is 0 Å². The molecule has 0 aromatic heterocycles. The molecule has 0 fully saturated rings. The highest BCUT2D eigenvalue weighted by Gasteiger charge is 1.94. The Morgan fingerprint density at radius 1 is 0.609 bits per heavy atom. The lowest BCUT2D eigenvalue weighted by Gasteiger charge is -2.04. The Morgan fingerprint density at radius 3 is 1.52 bits per heavy atom. The van der Waals surface area contributed by atoms with Crippen LogP contribution in [-0.4, -0.2) is 6.61 Å². The number of hydrogen-bond donors (Lipinski definition) is 0. The largest absolute Gasteiger partial charge is 0.377 e. The number of ether oxygens (including phenoxy) is 1. The third-order valence-electron chi connectivity index (χ3n) is 2.71. The second-order valence-electron chi connectivity index (χ2n) is 4.13. The van der Waals surface area contributed by atoms with E-state index < -0.39 is 0 Å². The van der Waals surface area contributed by atoms with Crippen molar-refractivity contribution in [1.82, 2.24) is 0 Å². The van der Waals surface area contributed by atoms with E-state index in [2.05, 4.69) is 42.5 Å². The van der Waals surface area contributed by atoms with Gasteiger partial charge >= 0.3 is 0 Å². The van der Waals surface area contributed by atoms with Gasteiger partial charge in [-0.2, -0.15) is 0 Å². The smallest absolute Gasteiger partial charge is 0.0716 e. The molecule has 0 saturated heterocycles. The van der Waals surface area contributed by atoms with E-state index in [4.69, 9.17) is 4.74 Å². The summed E-state index contributed by atoms with van der Waals surface area (Å²) >= 11 is 0. The average molecular weight is 317 g/mol. The number of benzene rings is 2. The lowest BCUT2D eigenvalue weighted by Crippen LogP contribution is -1.97. The third-order valence-corrected chi connectivity index (χ3v) is 2.71. The summed E-state index contributed by atoms with van der Waals surface area (Å²) in [4.78, 5) is 0. The van der Waals surface area contributed by atoms with Gasteiger partial charge in [-0.15, -0.1) is 0 Å². The highest BCUT2D eigenvalue weighted by molar-refractivity contribution is 5.15. The zero-order chi connectivity index (χ0) is 17.8. The molecule has 1 nitrogen and oxygen atoms in total. The predicted octanol–water partition coefficient (Wildman–Crippen LogP) is 6.91. The molecule has 0 amide bonds. The van der Waals surface area contributed by atoms with Crippen LogP contribution >= 0.6 is 0 Å². The summed E-state index contributed by atoms with van der Waals surface area (Å²) in [6, 6.07) is 20.8. The molecular formula is C22H36O. The molecule has 0 saturated carbocycles. The van der Waals surface area contributed by atoms with Crippen LogP contribution < -0.4 is 0 Å². The molecule has 130 valence electrons. The molecule has 2 aromatic rings. The molecule has 0 aliphatic heterocycles. The van der Waals surface area contributed by atoms with Gasteiger partial charge < -0.3 is 4.74 Å². The number of aryl methyl sites for hydroxylation is 1. The standard InChI is InChI=1S/C16H18O.3C2H6/c1-3-8-15(9-4-1)12-7-13-17-14-16-10-5-2-6-11-16;3*1-2/h1-6,8-11H,7,12-14H2;3*1-2H3. The molecule has 0 aliphatic rings.